The van der Waals surface area contributed by atoms with Crippen molar-refractivity contribution in [1.29, 1.82) is 0 Å². The molecule has 0 fully saturated rings. The van der Waals surface area contributed by atoms with Gasteiger partial charge in [-0.05, 0) is 35.4 Å². The lowest BCUT2D eigenvalue weighted by Gasteiger charge is -2.27. The summed E-state index contributed by atoms with van der Waals surface area (Å²) in [6.07, 6.45) is -0.275. The number of ether oxygens (including phenoxy) is 2. The highest BCUT2D eigenvalue weighted by Crippen LogP contribution is 2.40. The molecule has 200 valence electrons. The van der Waals surface area contributed by atoms with E-state index < -0.39 is 27.4 Å². The highest BCUT2D eigenvalue weighted by molar-refractivity contribution is 7.88. The Morgan fingerprint density at radius 1 is 1.06 bits per heavy atom. The van der Waals surface area contributed by atoms with Gasteiger partial charge in [0, 0.05) is 24.1 Å². The lowest BCUT2D eigenvalue weighted by atomic mass is 9.78. The molecule has 0 unspecified atom stereocenters. The number of carbonyl (C=O) groups is 1. The molecule has 0 bridgehead atoms. The number of hydrogen-bond acceptors (Lipinski definition) is 6. The van der Waals surface area contributed by atoms with E-state index in [-0.39, 0.29) is 19.1 Å². The Bertz CT molecular complexity index is 1130. The van der Waals surface area contributed by atoms with Crippen molar-refractivity contribution in [3.8, 4) is 11.5 Å². The lowest BCUT2D eigenvalue weighted by molar-refractivity contribution is -0.125. The standard InChI is InChI=1S/C25H32Cl3NO6S/c1-16(12-26)14-35-24-22(27)10-19(11-23(24)28)25(3,4)18-6-8-21(9-7-18)34-15-20(31)13-29(17(2)30)36(5,32)33/h6-11,16,20,31H,12-15H2,1-5H3/t16-,20+/m1/s1. The van der Waals surface area contributed by atoms with Gasteiger partial charge in [0.2, 0.25) is 15.9 Å². The molecule has 36 heavy (non-hydrogen) atoms. The van der Waals surface area contributed by atoms with Crippen LogP contribution in [0, 0.1) is 5.92 Å². The number of alkyl halides is 1. The molecular formula is C25H32Cl3NO6S. The van der Waals surface area contributed by atoms with Gasteiger partial charge in [0.1, 0.15) is 18.5 Å². The van der Waals surface area contributed by atoms with E-state index in [2.05, 4.69) is 0 Å². The lowest BCUT2D eigenvalue weighted by Crippen LogP contribution is -2.41. The zero-order valence-corrected chi connectivity index (χ0v) is 24.0. The van der Waals surface area contributed by atoms with E-state index in [1.807, 2.05) is 45.0 Å². The summed E-state index contributed by atoms with van der Waals surface area (Å²) in [4.78, 5) is 11.5. The number of halogens is 3. The molecule has 2 aromatic rings. The number of aliphatic hydroxyl groups is 1. The third-order valence-corrected chi connectivity index (χ3v) is 7.94. The molecule has 0 radical (unpaired) electrons. The molecular weight excluding hydrogens is 549 g/mol. The molecule has 1 N–H and O–H groups in total. The van der Waals surface area contributed by atoms with E-state index in [0.717, 1.165) is 24.3 Å². The summed E-state index contributed by atoms with van der Waals surface area (Å²) in [5.41, 5.74) is 1.40. The van der Waals surface area contributed by atoms with E-state index >= 15 is 0 Å². The number of sulfonamides is 1. The van der Waals surface area contributed by atoms with Crippen LogP contribution in [0.1, 0.15) is 38.8 Å². The van der Waals surface area contributed by atoms with Gasteiger partial charge in [0.25, 0.3) is 0 Å². The zero-order chi connectivity index (χ0) is 27.3. The molecule has 1 amide bonds. The van der Waals surface area contributed by atoms with Crippen molar-refractivity contribution < 1.29 is 27.8 Å². The Morgan fingerprint density at radius 2 is 1.61 bits per heavy atom. The number of amides is 1. The monoisotopic (exact) mass is 579 g/mol. The SMILES string of the molecule is CC(=O)N(C[C@H](O)COc1ccc(C(C)(C)c2cc(Cl)c(OC[C@H](C)CCl)c(Cl)c2)cc1)S(C)(=O)=O. The third kappa shape index (κ3) is 8.15. The second kappa shape index (κ2) is 12.7. The Morgan fingerprint density at radius 3 is 2.08 bits per heavy atom. The number of hydrogen-bond donors (Lipinski definition) is 1. The fourth-order valence-corrected chi connectivity index (χ4v) is 4.99. The van der Waals surface area contributed by atoms with Crippen LogP contribution >= 0.6 is 34.8 Å². The summed E-state index contributed by atoms with van der Waals surface area (Å²) < 4.78 is 35.3. The second-order valence-corrected chi connectivity index (χ2v) is 12.3. The summed E-state index contributed by atoms with van der Waals surface area (Å²) in [5.74, 6) is 0.862. The van der Waals surface area contributed by atoms with Crippen LogP contribution < -0.4 is 9.47 Å². The van der Waals surface area contributed by atoms with Gasteiger partial charge >= 0.3 is 0 Å². The molecule has 0 aromatic heterocycles. The molecule has 2 atom stereocenters. The van der Waals surface area contributed by atoms with Crippen LogP contribution in [-0.2, 0) is 20.2 Å². The smallest absolute Gasteiger partial charge is 0.234 e. The Balaban J connectivity index is 2.10. The van der Waals surface area contributed by atoms with E-state index in [1.165, 1.54) is 0 Å². The quantitative estimate of drug-likeness (QED) is 0.350. The van der Waals surface area contributed by atoms with Gasteiger partial charge in [0.15, 0.2) is 5.75 Å². The predicted molar refractivity (Wildman–Crippen MR) is 144 cm³/mol. The molecule has 2 aromatic carbocycles. The van der Waals surface area contributed by atoms with Crippen LogP contribution in [-0.4, -0.2) is 61.7 Å². The summed E-state index contributed by atoms with van der Waals surface area (Å²) in [6.45, 7) is 7.00. The number of rotatable bonds is 12. The Labute approximate surface area is 228 Å². The first-order valence-electron chi connectivity index (χ1n) is 11.2. The van der Waals surface area contributed by atoms with E-state index in [1.54, 1.807) is 12.1 Å². The average molecular weight is 581 g/mol. The van der Waals surface area contributed by atoms with Crippen molar-refractivity contribution in [2.45, 2.75) is 39.2 Å². The first kappa shape index (κ1) is 30.5. The van der Waals surface area contributed by atoms with Crippen LogP contribution in [0.25, 0.3) is 0 Å². The van der Waals surface area contributed by atoms with Crippen molar-refractivity contribution in [1.82, 2.24) is 4.31 Å². The largest absolute Gasteiger partial charge is 0.491 e. The first-order valence-corrected chi connectivity index (χ1v) is 14.4. The fraction of sp³-hybridized carbons (Fsp3) is 0.480. The number of benzene rings is 2. The minimum absolute atomic E-state index is 0.157. The summed E-state index contributed by atoms with van der Waals surface area (Å²) >= 11 is 18.8. The molecule has 0 spiro atoms. The van der Waals surface area contributed by atoms with Crippen LogP contribution in [0.5, 0.6) is 11.5 Å². The molecule has 0 saturated carbocycles. The Hall–Kier alpha value is -1.71. The number of carbonyl (C=O) groups excluding carboxylic acids is 1. The highest BCUT2D eigenvalue weighted by atomic mass is 35.5. The minimum atomic E-state index is -3.77. The van der Waals surface area contributed by atoms with Gasteiger partial charge in [-0.25, -0.2) is 12.7 Å². The molecule has 0 saturated heterocycles. The molecule has 7 nitrogen and oxygen atoms in total. The van der Waals surface area contributed by atoms with E-state index in [0.29, 0.717) is 38.3 Å². The number of nitrogens with zero attached hydrogens (tertiary/aromatic N) is 1. The van der Waals surface area contributed by atoms with Gasteiger partial charge < -0.3 is 14.6 Å². The summed E-state index contributed by atoms with van der Waals surface area (Å²) in [5, 5.41) is 11.0. The predicted octanol–water partition coefficient (Wildman–Crippen LogP) is 5.12. The second-order valence-electron chi connectivity index (χ2n) is 9.27. The molecule has 0 aliphatic heterocycles. The summed E-state index contributed by atoms with van der Waals surface area (Å²) in [6, 6.07) is 10.9. The van der Waals surface area contributed by atoms with Crippen LogP contribution in [0.3, 0.4) is 0 Å². The molecule has 0 heterocycles. The van der Waals surface area contributed by atoms with Crippen LogP contribution in [0.2, 0.25) is 10.0 Å². The average Bonchev–Trinajstić information content (AvgIpc) is 2.79. The van der Waals surface area contributed by atoms with Gasteiger partial charge in [-0.1, -0.05) is 56.1 Å². The van der Waals surface area contributed by atoms with Crippen molar-refractivity contribution in [3.05, 3.63) is 57.6 Å². The van der Waals surface area contributed by atoms with E-state index in [9.17, 15) is 18.3 Å². The highest BCUT2D eigenvalue weighted by Gasteiger charge is 2.26. The van der Waals surface area contributed by atoms with Gasteiger partial charge in [-0.3, -0.25) is 4.79 Å². The van der Waals surface area contributed by atoms with Crippen molar-refractivity contribution >= 4 is 50.7 Å². The van der Waals surface area contributed by atoms with Gasteiger partial charge in [0.05, 0.1) is 29.5 Å². The van der Waals surface area contributed by atoms with Gasteiger partial charge in [-0.2, -0.15) is 0 Å². The maximum atomic E-state index is 11.7. The molecule has 0 aliphatic rings. The van der Waals surface area contributed by atoms with E-state index in [4.69, 9.17) is 44.3 Å². The minimum Gasteiger partial charge on any atom is -0.491 e. The number of aliphatic hydroxyl groups excluding tert-OH is 1. The van der Waals surface area contributed by atoms with Crippen molar-refractivity contribution in [2.24, 2.45) is 5.92 Å². The first-order chi connectivity index (χ1) is 16.7. The third-order valence-electron chi connectivity index (χ3n) is 5.64. The van der Waals surface area contributed by atoms with Crippen molar-refractivity contribution in [2.75, 3.05) is 31.9 Å². The summed E-state index contributed by atoms with van der Waals surface area (Å²) in [7, 11) is -3.77. The van der Waals surface area contributed by atoms with Crippen LogP contribution in [0.15, 0.2) is 36.4 Å². The fourth-order valence-electron chi connectivity index (χ4n) is 3.40. The van der Waals surface area contributed by atoms with Crippen LogP contribution in [0.4, 0.5) is 0 Å². The van der Waals surface area contributed by atoms with Crippen molar-refractivity contribution in [3.63, 3.8) is 0 Å². The molecule has 11 heteroatoms. The maximum absolute atomic E-state index is 11.7. The Kier molecular flexibility index (Phi) is 10.8. The van der Waals surface area contributed by atoms with Gasteiger partial charge in [-0.15, -0.1) is 11.6 Å². The molecule has 0 aliphatic carbocycles. The topological polar surface area (TPSA) is 93.1 Å². The normalized spacial score (nSPS) is 13.7. The maximum Gasteiger partial charge on any atom is 0.234 e. The zero-order valence-electron chi connectivity index (χ0n) is 20.9. The molecule has 2 rings (SSSR count).